The van der Waals surface area contributed by atoms with Crippen LogP contribution in [0.1, 0.15) is 6.92 Å². The monoisotopic (exact) mass is 257 g/mol. The summed E-state index contributed by atoms with van der Waals surface area (Å²) >= 11 is 11.7. The molecule has 0 aliphatic heterocycles. The standard InChI is InChI=1S/C7H9Cl2NO3S/c1-7(9)3-4(10)5(2-6(7)8)14(11,12)13/h2-3,6H,10H2,1H3,(H,11,12,13). The summed E-state index contributed by atoms with van der Waals surface area (Å²) in [5.74, 6) is 0. The number of hydrogen-bond donors (Lipinski definition) is 2. The van der Waals surface area contributed by atoms with Gasteiger partial charge in [0, 0.05) is 0 Å². The van der Waals surface area contributed by atoms with Crippen LogP contribution in [0.15, 0.2) is 22.8 Å². The smallest absolute Gasteiger partial charge is 0.296 e. The van der Waals surface area contributed by atoms with Crippen LogP contribution in [0, 0.1) is 0 Å². The Balaban J connectivity index is 3.24. The van der Waals surface area contributed by atoms with Crippen molar-refractivity contribution in [3.05, 3.63) is 22.8 Å². The number of alkyl halides is 2. The Morgan fingerprint density at radius 1 is 1.64 bits per heavy atom. The van der Waals surface area contributed by atoms with Gasteiger partial charge in [0.1, 0.15) is 4.91 Å². The third-order valence-electron chi connectivity index (χ3n) is 1.84. The van der Waals surface area contributed by atoms with Gasteiger partial charge in [-0.05, 0) is 19.1 Å². The summed E-state index contributed by atoms with van der Waals surface area (Å²) < 4.78 is 30.4. The summed E-state index contributed by atoms with van der Waals surface area (Å²) in [5.41, 5.74) is 5.32. The molecule has 0 fully saturated rings. The molecule has 1 aliphatic rings. The van der Waals surface area contributed by atoms with E-state index in [1.54, 1.807) is 6.92 Å². The number of nitrogens with two attached hydrogens (primary N) is 1. The first kappa shape index (κ1) is 11.8. The lowest BCUT2D eigenvalue weighted by atomic mass is 10.00. The first-order valence-corrected chi connectivity index (χ1v) is 5.91. The Labute approximate surface area is 92.1 Å². The van der Waals surface area contributed by atoms with Gasteiger partial charge in [0.2, 0.25) is 0 Å². The minimum Gasteiger partial charge on any atom is -0.398 e. The maximum Gasteiger partial charge on any atom is 0.296 e. The van der Waals surface area contributed by atoms with Gasteiger partial charge in [0.15, 0.2) is 0 Å². The van der Waals surface area contributed by atoms with Gasteiger partial charge in [0.25, 0.3) is 10.1 Å². The molecule has 2 unspecified atom stereocenters. The number of rotatable bonds is 1. The van der Waals surface area contributed by atoms with Gasteiger partial charge < -0.3 is 5.73 Å². The average Bonchev–Trinajstić information content (AvgIpc) is 1.93. The third kappa shape index (κ3) is 2.23. The highest BCUT2D eigenvalue weighted by atomic mass is 35.5. The van der Waals surface area contributed by atoms with E-state index in [2.05, 4.69) is 0 Å². The van der Waals surface area contributed by atoms with Crippen LogP contribution in [0.4, 0.5) is 0 Å². The van der Waals surface area contributed by atoms with Crippen LogP contribution < -0.4 is 5.73 Å². The quantitative estimate of drug-likeness (QED) is 0.547. The zero-order valence-electron chi connectivity index (χ0n) is 7.24. The highest BCUT2D eigenvalue weighted by molar-refractivity contribution is 7.90. The Hall–Kier alpha value is -0.230. The van der Waals surface area contributed by atoms with E-state index >= 15 is 0 Å². The molecule has 1 rings (SSSR count). The van der Waals surface area contributed by atoms with E-state index in [1.807, 2.05) is 0 Å². The SMILES string of the molecule is CC1(Cl)C=C(N)C(S(=O)(=O)O)=CC1Cl. The van der Waals surface area contributed by atoms with Gasteiger partial charge in [-0.2, -0.15) is 8.42 Å². The van der Waals surface area contributed by atoms with Gasteiger partial charge in [0.05, 0.1) is 15.9 Å². The molecule has 0 aromatic rings. The van der Waals surface area contributed by atoms with Gasteiger partial charge >= 0.3 is 0 Å². The van der Waals surface area contributed by atoms with Gasteiger partial charge in [-0.1, -0.05) is 0 Å². The van der Waals surface area contributed by atoms with Crippen LogP contribution in [0.25, 0.3) is 0 Å². The molecule has 0 bridgehead atoms. The largest absolute Gasteiger partial charge is 0.398 e. The summed E-state index contributed by atoms with van der Waals surface area (Å²) in [5, 5.41) is -0.742. The van der Waals surface area contributed by atoms with E-state index in [4.69, 9.17) is 33.5 Å². The molecule has 7 heteroatoms. The van der Waals surface area contributed by atoms with Crippen LogP contribution >= 0.6 is 23.2 Å². The number of hydrogen-bond acceptors (Lipinski definition) is 3. The van der Waals surface area contributed by atoms with Crippen molar-refractivity contribution in [2.24, 2.45) is 5.73 Å². The highest BCUT2D eigenvalue weighted by Crippen LogP contribution is 2.34. The zero-order valence-corrected chi connectivity index (χ0v) is 9.57. The molecule has 0 spiro atoms. The molecule has 1 aliphatic carbocycles. The number of allylic oxidation sites excluding steroid dienone is 2. The fourth-order valence-electron chi connectivity index (χ4n) is 1.08. The van der Waals surface area contributed by atoms with E-state index in [0.717, 1.165) is 6.08 Å². The normalized spacial score (nSPS) is 33.6. The summed E-state index contributed by atoms with van der Waals surface area (Å²) in [6, 6.07) is 0. The second kappa shape index (κ2) is 3.41. The molecule has 80 valence electrons. The van der Waals surface area contributed by atoms with Crippen molar-refractivity contribution in [2.45, 2.75) is 17.2 Å². The lowest BCUT2D eigenvalue weighted by Gasteiger charge is -2.27. The third-order valence-corrected chi connectivity index (χ3v) is 3.80. The summed E-state index contributed by atoms with van der Waals surface area (Å²) in [7, 11) is -4.33. The topological polar surface area (TPSA) is 80.4 Å². The summed E-state index contributed by atoms with van der Waals surface area (Å²) in [6.07, 6.45) is 2.43. The van der Waals surface area contributed by atoms with E-state index in [0.29, 0.717) is 0 Å². The second-order valence-electron chi connectivity index (χ2n) is 3.16. The summed E-state index contributed by atoms with van der Waals surface area (Å²) in [4.78, 5) is -1.34. The fraction of sp³-hybridized carbons (Fsp3) is 0.429. The van der Waals surface area contributed by atoms with Crippen LogP contribution in [-0.4, -0.2) is 23.2 Å². The molecular formula is C7H9Cl2NO3S. The van der Waals surface area contributed by atoms with Crippen LogP contribution in [0.5, 0.6) is 0 Å². The summed E-state index contributed by atoms with van der Waals surface area (Å²) in [6.45, 7) is 1.59. The van der Waals surface area contributed by atoms with Crippen LogP contribution in [-0.2, 0) is 10.1 Å². The molecule has 0 heterocycles. The lowest BCUT2D eigenvalue weighted by molar-refractivity contribution is 0.491. The van der Waals surface area contributed by atoms with Crippen molar-refractivity contribution in [1.82, 2.24) is 0 Å². The lowest BCUT2D eigenvalue weighted by Crippen LogP contribution is -2.32. The van der Waals surface area contributed by atoms with Crippen molar-refractivity contribution in [3.63, 3.8) is 0 Å². The predicted octanol–water partition coefficient (Wildman–Crippen LogP) is 1.22. The highest BCUT2D eigenvalue weighted by Gasteiger charge is 2.34. The minimum atomic E-state index is -4.33. The Bertz CT molecular complexity index is 411. The molecule has 0 aromatic heterocycles. The molecule has 3 N–H and O–H groups in total. The first-order chi connectivity index (χ1) is 6.14. The van der Waals surface area contributed by atoms with E-state index in [-0.39, 0.29) is 5.70 Å². The van der Waals surface area contributed by atoms with E-state index in [1.165, 1.54) is 6.08 Å². The Morgan fingerprint density at radius 3 is 2.57 bits per heavy atom. The van der Waals surface area contributed by atoms with E-state index in [9.17, 15) is 8.42 Å². The molecule has 0 saturated heterocycles. The van der Waals surface area contributed by atoms with Crippen molar-refractivity contribution >= 4 is 33.3 Å². The Morgan fingerprint density at radius 2 is 2.14 bits per heavy atom. The molecule has 0 radical (unpaired) electrons. The second-order valence-corrected chi connectivity index (χ2v) is 5.83. The molecule has 4 nitrogen and oxygen atoms in total. The van der Waals surface area contributed by atoms with Crippen molar-refractivity contribution in [3.8, 4) is 0 Å². The Kier molecular flexibility index (Phi) is 2.89. The first-order valence-electron chi connectivity index (χ1n) is 3.65. The van der Waals surface area contributed by atoms with Gasteiger partial charge in [-0.3, -0.25) is 4.55 Å². The molecule has 2 atom stereocenters. The minimum absolute atomic E-state index is 0.0955. The number of halogens is 2. The van der Waals surface area contributed by atoms with Gasteiger partial charge in [-0.15, -0.1) is 23.2 Å². The molecular weight excluding hydrogens is 249 g/mol. The molecule has 14 heavy (non-hydrogen) atoms. The van der Waals surface area contributed by atoms with Crippen molar-refractivity contribution in [1.29, 1.82) is 0 Å². The van der Waals surface area contributed by atoms with Crippen molar-refractivity contribution in [2.75, 3.05) is 0 Å². The van der Waals surface area contributed by atoms with E-state index < -0.39 is 25.3 Å². The maximum atomic E-state index is 10.8. The fourth-order valence-corrected chi connectivity index (χ4v) is 2.19. The molecule has 0 saturated carbocycles. The van der Waals surface area contributed by atoms with Crippen LogP contribution in [0.2, 0.25) is 0 Å². The maximum absolute atomic E-state index is 10.8. The van der Waals surface area contributed by atoms with Crippen LogP contribution in [0.3, 0.4) is 0 Å². The van der Waals surface area contributed by atoms with Gasteiger partial charge in [-0.25, -0.2) is 0 Å². The molecule has 0 aromatic carbocycles. The average molecular weight is 258 g/mol. The molecule has 0 amide bonds. The predicted molar refractivity (Wildman–Crippen MR) is 55.8 cm³/mol. The van der Waals surface area contributed by atoms with Crippen molar-refractivity contribution < 1.29 is 13.0 Å². The zero-order chi connectivity index (χ0) is 11.1.